The molecule has 0 bridgehead atoms. The Morgan fingerprint density at radius 3 is 2.42 bits per heavy atom. The second-order valence-electron chi connectivity index (χ2n) is 6.94. The first-order valence-corrected chi connectivity index (χ1v) is 9.06. The van der Waals surface area contributed by atoms with Crippen LogP contribution in [0.1, 0.15) is 50.3 Å². The molecule has 2 aliphatic rings. The van der Waals surface area contributed by atoms with Crippen molar-refractivity contribution >= 4 is 23.8 Å². The molecule has 0 radical (unpaired) electrons. The van der Waals surface area contributed by atoms with Gasteiger partial charge >= 0.3 is 0 Å². The Bertz CT molecular complexity index is 736. The maximum atomic E-state index is 12.6. The number of hydrogen-bond donors (Lipinski definition) is 1. The lowest BCUT2D eigenvalue weighted by molar-refractivity contribution is -0.130. The van der Waals surface area contributed by atoms with Gasteiger partial charge in [-0.15, -0.1) is 0 Å². The summed E-state index contributed by atoms with van der Waals surface area (Å²) in [6.07, 6.45) is 5.43. The lowest BCUT2D eigenvalue weighted by Crippen LogP contribution is -2.46. The van der Waals surface area contributed by atoms with E-state index in [9.17, 15) is 14.4 Å². The molecule has 1 unspecified atom stereocenters. The van der Waals surface area contributed by atoms with Gasteiger partial charge in [0.25, 0.3) is 0 Å². The smallest absolute Gasteiger partial charge is 0.223 e. The molecule has 0 saturated carbocycles. The fourth-order valence-corrected chi connectivity index (χ4v) is 3.71. The Balaban J connectivity index is 1.65. The number of likely N-dealkylation sites (tertiary alicyclic amines) is 1. The predicted molar refractivity (Wildman–Crippen MR) is 98.8 cm³/mol. The van der Waals surface area contributed by atoms with Crippen molar-refractivity contribution in [2.45, 2.75) is 45.2 Å². The number of fused-ring (bicyclic) bond motifs is 1. The Kier molecular flexibility index (Phi) is 5.40. The molecule has 1 saturated heterocycles. The molecule has 138 valence electrons. The van der Waals surface area contributed by atoms with Gasteiger partial charge in [-0.2, -0.15) is 0 Å². The van der Waals surface area contributed by atoms with Gasteiger partial charge in [0.1, 0.15) is 0 Å². The summed E-state index contributed by atoms with van der Waals surface area (Å²) in [5, 5.41) is 3.08. The lowest BCUT2D eigenvalue weighted by atomic mass is 9.93. The second kappa shape index (κ2) is 7.72. The number of hydrogen-bond acceptors (Lipinski definition) is 3. The minimum absolute atomic E-state index is 0.0624. The van der Waals surface area contributed by atoms with E-state index >= 15 is 0 Å². The number of rotatable bonds is 3. The molecule has 3 rings (SSSR count). The minimum atomic E-state index is -0.286. The van der Waals surface area contributed by atoms with E-state index < -0.39 is 0 Å². The molecule has 0 aromatic heterocycles. The van der Waals surface area contributed by atoms with Crippen molar-refractivity contribution in [2.24, 2.45) is 0 Å². The summed E-state index contributed by atoms with van der Waals surface area (Å²) in [6.45, 7) is 4.44. The van der Waals surface area contributed by atoms with Crippen LogP contribution in [0.25, 0.3) is 6.08 Å². The average molecular weight is 355 g/mol. The Labute approximate surface area is 153 Å². The zero-order valence-corrected chi connectivity index (χ0v) is 15.3. The molecule has 1 N–H and O–H groups in total. The summed E-state index contributed by atoms with van der Waals surface area (Å²) in [4.78, 5) is 39.5. The fraction of sp³-hybridized carbons (Fsp3) is 0.450. The highest BCUT2D eigenvalue weighted by Crippen LogP contribution is 2.32. The van der Waals surface area contributed by atoms with E-state index in [2.05, 4.69) is 5.32 Å². The van der Waals surface area contributed by atoms with Crippen molar-refractivity contribution < 1.29 is 14.4 Å². The van der Waals surface area contributed by atoms with E-state index in [-0.39, 0.29) is 36.2 Å². The lowest BCUT2D eigenvalue weighted by Gasteiger charge is -2.34. The van der Waals surface area contributed by atoms with Gasteiger partial charge in [0.15, 0.2) is 0 Å². The van der Waals surface area contributed by atoms with Crippen molar-refractivity contribution in [3.63, 3.8) is 0 Å². The summed E-state index contributed by atoms with van der Waals surface area (Å²) in [5.41, 5.74) is 2.03. The second-order valence-corrected chi connectivity index (χ2v) is 6.94. The maximum Gasteiger partial charge on any atom is 0.223 e. The molecule has 3 amide bonds. The molecule has 0 aliphatic carbocycles. The van der Waals surface area contributed by atoms with Crippen molar-refractivity contribution in [3.8, 4) is 0 Å². The Morgan fingerprint density at radius 1 is 1.08 bits per heavy atom. The van der Waals surface area contributed by atoms with Crippen LogP contribution in [0.15, 0.2) is 30.5 Å². The van der Waals surface area contributed by atoms with Crippen LogP contribution in [0.3, 0.4) is 0 Å². The van der Waals surface area contributed by atoms with Crippen LogP contribution in [-0.4, -0.2) is 46.7 Å². The largest absolute Gasteiger partial charge is 0.353 e. The first-order valence-electron chi connectivity index (χ1n) is 9.06. The van der Waals surface area contributed by atoms with Crippen LogP contribution < -0.4 is 5.32 Å². The third-order valence-electron chi connectivity index (χ3n) is 5.15. The number of piperidine rings is 1. The van der Waals surface area contributed by atoms with Crippen LogP contribution in [0.4, 0.5) is 0 Å². The van der Waals surface area contributed by atoms with Gasteiger partial charge < -0.3 is 15.1 Å². The summed E-state index contributed by atoms with van der Waals surface area (Å²) in [6, 6.07) is 7.64. The SMILES string of the molecule is CC(=O)N1CCC(NC(=O)CC2c3ccccc3C=CN2C(C)=O)CC1. The molecule has 6 nitrogen and oxygen atoms in total. The highest BCUT2D eigenvalue weighted by Gasteiger charge is 2.29. The van der Waals surface area contributed by atoms with Crippen LogP contribution in [0.5, 0.6) is 0 Å². The van der Waals surface area contributed by atoms with Gasteiger partial charge in [0.2, 0.25) is 17.7 Å². The van der Waals surface area contributed by atoms with Gasteiger partial charge in [0, 0.05) is 39.2 Å². The van der Waals surface area contributed by atoms with Gasteiger partial charge in [-0.3, -0.25) is 14.4 Å². The van der Waals surface area contributed by atoms with E-state index in [4.69, 9.17) is 0 Å². The fourth-order valence-electron chi connectivity index (χ4n) is 3.71. The third kappa shape index (κ3) is 3.95. The van der Waals surface area contributed by atoms with Crippen molar-refractivity contribution in [2.75, 3.05) is 13.1 Å². The van der Waals surface area contributed by atoms with E-state index in [0.717, 1.165) is 24.0 Å². The number of carbonyl (C=O) groups excluding carboxylic acids is 3. The third-order valence-corrected chi connectivity index (χ3v) is 5.15. The standard InChI is InChI=1S/C20H25N3O3/c1-14(24)22-10-8-17(9-11-22)21-20(26)13-19-18-6-4-3-5-16(18)7-12-23(19)15(2)25/h3-7,12,17,19H,8-11,13H2,1-2H3,(H,21,26). The van der Waals surface area contributed by atoms with Gasteiger partial charge in [-0.1, -0.05) is 24.3 Å². The van der Waals surface area contributed by atoms with Gasteiger partial charge in [-0.05, 0) is 30.0 Å². The summed E-state index contributed by atoms with van der Waals surface area (Å²) < 4.78 is 0. The monoisotopic (exact) mass is 355 g/mol. The van der Waals surface area contributed by atoms with E-state index in [1.807, 2.05) is 35.2 Å². The number of amides is 3. The zero-order chi connectivity index (χ0) is 18.7. The molecule has 2 heterocycles. The quantitative estimate of drug-likeness (QED) is 0.902. The first-order chi connectivity index (χ1) is 12.5. The molecule has 6 heteroatoms. The van der Waals surface area contributed by atoms with Crippen molar-refractivity contribution in [1.82, 2.24) is 15.1 Å². The highest BCUT2D eigenvalue weighted by atomic mass is 16.2. The molecule has 0 spiro atoms. The van der Waals surface area contributed by atoms with Gasteiger partial charge in [-0.25, -0.2) is 0 Å². The maximum absolute atomic E-state index is 12.6. The molecule has 26 heavy (non-hydrogen) atoms. The van der Waals surface area contributed by atoms with E-state index in [1.54, 1.807) is 18.0 Å². The van der Waals surface area contributed by atoms with Crippen LogP contribution in [0, 0.1) is 0 Å². The predicted octanol–water partition coefficient (Wildman–Crippen LogP) is 2.08. The van der Waals surface area contributed by atoms with Crippen molar-refractivity contribution in [3.05, 3.63) is 41.6 Å². The van der Waals surface area contributed by atoms with Crippen molar-refractivity contribution in [1.29, 1.82) is 0 Å². The Morgan fingerprint density at radius 2 is 1.77 bits per heavy atom. The molecule has 2 aliphatic heterocycles. The summed E-state index contributed by atoms with van der Waals surface area (Å²) >= 11 is 0. The van der Waals surface area contributed by atoms with E-state index in [1.165, 1.54) is 6.92 Å². The number of benzene rings is 1. The molecule has 1 aromatic rings. The van der Waals surface area contributed by atoms with Crippen LogP contribution in [0.2, 0.25) is 0 Å². The minimum Gasteiger partial charge on any atom is -0.353 e. The first kappa shape index (κ1) is 18.2. The number of nitrogens with zero attached hydrogens (tertiary/aromatic N) is 2. The number of nitrogens with one attached hydrogen (secondary N) is 1. The molecular formula is C20H25N3O3. The summed E-state index contributed by atoms with van der Waals surface area (Å²) in [7, 11) is 0. The normalized spacial score (nSPS) is 19.8. The van der Waals surface area contributed by atoms with Crippen LogP contribution in [-0.2, 0) is 14.4 Å². The molecule has 1 aromatic carbocycles. The topological polar surface area (TPSA) is 69.7 Å². The molecule has 1 fully saturated rings. The number of carbonyl (C=O) groups is 3. The van der Waals surface area contributed by atoms with E-state index in [0.29, 0.717) is 13.1 Å². The highest BCUT2D eigenvalue weighted by molar-refractivity contribution is 5.82. The Hall–Kier alpha value is -2.63. The molecule has 1 atom stereocenters. The van der Waals surface area contributed by atoms with Gasteiger partial charge in [0.05, 0.1) is 12.5 Å². The average Bonchev–Trinajstić information content (AvgIpc) is 2.62. The summed E-state index contributed by atoms with van der Waals surface area (Å²) in [5.74, 6) is -0.0616. The zero-order valence-electron chi connectivity index (χ0n) is 15.3. The molecular weight excluding hydrogens is 330 g/mol. The van der Waals surface area contributed by atoms with Crippen LogP contribution >= 0.6 is 0 Å².